The molecule has 39 heavy (non-hydrogen) atoms. The lowest BCUT2D eigenvalue weighted by atomic mass is 10.0. The molecule has 2 aliphatic rings. The molecule has 0 radical (unpaired) electrons. The van der Waals surface area contributed by atoms with E-state index in [4.69, 9.17) is 4.52 Å². The first kappa shape index (κ1) is 25.8. The van der Waals surface area contributed by atoms with Gasteiger partial charge in [0.15, 0.2) is 0 Å². The lowest BCUT2D eigenvalue weighted by Crippen LogP contribution is -2.42. The standard InChI is InChI=1S/C28H31F3N6O2/c1-16-25(17(2)39-35-16)18-8-9-19-20(14-37(15-38)24(19)12-18)26-21(28(29,30)31)13-32-27(34-26)33-22-6-5-7-23(22)36-10-3-4-11-36/h8-9,12-14,22-23,38H,3-7,10-11,15H2,1-2H3,(H,32,33,34)/t22-,23-/m0/s1. The summed E-state index contributed by atoms with van der Waals surface area (Å²) < 4.78 is 49.4. The summed E-state index contributed by atoms with van der Waals surface area (Å²) in [6.45, 7) is 5.34. The van der Waals surface area contributed by atoms with E-state index in [1.165, 1.54) is 23.6 Å². The first-order valence-corrected chi connectivity index (χ1v) is 13.4. The van der Waals surface area contributed by atoms with E-state index < -0.39 is 18.5 Å². The van der Waals surface area contributed by atoms with Crippen LogP contribution in [0.2, 0.25) is 0 Å². The van der Waals surface area contributed by atoms with E-state index in [0.717, 1.165) is 49.7 Å². The van der Waals surface area contributed by atoms with Gasteiger partial charge in [-0.2, -0.15) is 13.2 Å². The molecule has 1 aliphatic carbocycles. The summed E-state index contributed by atoms with van der Waals surface area (Å²) in [5, 5.41) is 18.0. The first-order chi connectivity index (χ1) is 18.7. The van der Waals surface area contributed by atoms with Gasteiger partial charge in [-0.15, -0.1) is 0 Å². The Morgan fingerprint density at radius 2 is 1.92 bits per heavy atom. The van der Waals surface area contributed by atoms with Crippen molar-refractivity contribution in [3.8, 4) is 22.4 Å². The van der Waals surface area contributed by atoms with E-state index in [1.807, 2.05) is 19.1 Å². The Hall–Kier alpha value is -3.44. The van der Waals surface area contributed by atoms with Crippen LogP contribution in [0.1, 0.15) is 49.1 Å². The zero-order chi connectivity index (χ0) is 27.3. The molecule has 6 rings (SSSR count). The van der Waals surface area contributed by atoms with E-state index in [0.29, 0.717) is 28.4 Å². The predicted octanol–water partition coefficient (Wildman–Crippen LogP) is 5.77. The first-order valence-electron chi connectivity index (χ1n) is 13.4. The van der Waals surface area contributed by atoms with Crippen molar-refractivity contribution in [2.24, 2.45) is 0 Å². The molecule has 4 aromatic rings. The fourth-order valence-corrected chi connectivity index (χ4v) is 6.30. The molecule has 206 valence electrons. The number of hydrogen-bond acceptors (Lipinski definition) is 7. The molecule has 1 saturated heterocycles. The maximum absolute atomic E-state index is 14.2. The van der Waals surface area contributed by atoms with Crippen molar-refractivity contribution in [3.63, 3.8) is 0 Å². The molecule has 0 bridgehead atoms. The zero-order valence-electron chi connectivity index (χ0n) is 21.9. The lowest BCUT2D eigenvalue weighted by Gasteiger charge is -2.29. The largest absolute Gasteiger partial charge is 0.419 e. The van der Waals surface area contributed by atoms with Crippen molar-refractivity contribution in [2.75, 3.05) is 18.4 Å². The summed E-state index contributed by atoms with van der Waals surface area (Å²) in [6, 6.07) is 5.83. The Morgan fingerprint density at radius 3 is 2.62 bits per heavy atom. The summed E-state index contributed by atoms with van der Waals surface area (Å²) in [5.74, 6) is 0.825. The second-order valence-electron chi connectivity index (χ2n) is 10.5. The van der Waals surface area contributed by atoms with Gasteiger partial charge in [0.1, 0.15) is 18.1 Å². The number of aromatic nitrogens is 4. The van der Waals surface area contributed by atoms with Crippen LogP contribution in [0, 0.1) is 13.8 Å². The average Bonchev–Trinajstić information content (AvgIpc) is 3.70. The highest BCUT2D eigenvalue weighted by molar-refractivity contribution is 5.98. The Balaban J connectivity index is 1.43. The SMILES string of the molecule is Cc1noc(C)c1-c1ccc2c(-c3nc(N[C@H]4CCC[C@@H]4N4CCCC4)ncc3C(F)(F)F)cn(CO)c2c1. The molecular weight excluding hydrogens is 509 g/mol. The highest BCUT2D eigenvalue weighted by atomic mass is 19.4. The molecule has 4 heterocycles. The molecule has 2 fully saturated rings. The van der Waals surface area contributed by atoms with Gasteiger partial charge in [0, 0.05) is 41.0 Å². The lowest BCUT2D eigenvalue weighted by molar-refractivity contribution is -0.137. The molecule has 0 spiro atoms. The Bertz CT molecular complexity index is 1490. The van der Waals surface area contributed by atoms with Gasteiger partial charge in [-0.1, -0.05) is 17.3 Å². The van der Waals surface area contributed by atoms with Crippen LogP contribution in [0.5, 0.6) is 0 Å². The Morgan fingerprint density at radius 1 is 1.13 bits per heavy atom. The molecule has 2 N–H and O–H groups in total. The van der Waals surface area contributed by atoms with Crippen molar-refractivity contribution in [1.82, 2.24) is 24.6 Å². The normalized spacial score (nSPS) is 20.4. The molecule has 3 aromatic heterocycles. The van der Waals surface area contributed by atoms with Crippen molar-refractivity contribution in [2.45, 2.75) is 70.9 Å². The summed E-state index contributed by atoms with van der Waals surface area (Å²) >= 11 is 0. The number of aryl methyl sites for hydroxylation is 2. The average molecular weight is 541 g/mol. The molecular formula is C28H31F3N6O2. The monoisotopic (exact) mass is 540 g/mol. The minimum absolute atomic E-state index is 0.0871. The molecule has 0 amide bonds. The summed E-state index contributed by atoms with van der Waals surface area (Å²) in [4.78, 5) is 11.0. The minimum atomic E-state index is -4.65. The van der Waals surface area contributed by atoms with Crippen LogP contribution >= 0.6 is 0 Å². The second kappa shape index (κ2) is 9.95. The van der Waals surface area contributed by atoms with Crippen LogP contribution in [0.25, 0.3) is 33.3 Å². The number of nitrogens with zero attached hydrogens (tertiary/aromatic N) is 5. The molecule has 0 unspecified atom stereocenters. The van der Waals surface area contributed by atoms with E-state index in [9.17, 15) is 18.3 Å². The quantitative estimate of drug-likeness (QED) is 0.321. The number of aliphatic hydroxyl groups is 1. The van der Waals surface area contributed by atoms with Gasteiger partial charge in [-0.3, -0.25) is 4.90 Å². The maximum atomic E-state index is 14.2. The molecule has 8 nitrogen and oxygen atoms in total. The van der Waals surface area contributed by atoms with E-state index >= 15 is 0 Å². The number of alkyl halides is 3. The van der Waals surface area contributed by atoms with Crippen LogP contribution in [0.3, 0.4) is 0 Å². The third kappa shape index (κ3) is 4.67. The minimum Gasteiger partial charge on any atom is -0.376 e. The van der Waals surface area contributed by atoms with Gasteiger partial charge in [-0.25, -0.2) is 9.97 Å². The number of aliphatic hydroxyl groups excluding tert-OH is 1. The number of likely N-dealkylation sites (tertiary alicyclic amines) is 1. The highest BCUT2D eigenvalue weighted by Crippen LogP contribution is 2.41. The van der Waals surface area contributed by atoms with Gasteiger partial charge < -0.3 is 19.5 Å². The van der Waals surface area contributed by atoms with Crippen LogP contribution in [0.4, 0.5) is 19.1 Å². The molecule has 1 saturated carbocycles. The van der Waals surface area contributed by atoms with Crippen LogP contribution in [0.15, 0.2) is 35.1 Å². The van der Waals surface area contributed by atoms with Crippen molar-refractivity contribution in [1.29, 1.82) is 0 Å². The number of halogens is 3. The molecule has 2 atom stereocenters. The van der Waals surface area contributed by atoms with Crippen LogP contribution < -0.4 is 5.32 Å². The molecule has 11 heteroatoms. The number of anilines is 1. The smallest absolute Gasteiger partial charge is 0.376 e. The van der Waals surface area contributed by atoms with Crippen molar-refractivity contribution in [3.05, 3.63) is 47.6 Å². The number of nitrogens with one attached hydrogen (secondary N) is 1. The molecule has 1 aliphatic heterocycles. The second-order valence-corrected chi connectivity index (χ2v) is 10.5. The van der Waals surface area contributed by atoms with Crippen LogP contribution in [-0.4, -0.2) is 54.9 Å². The topological polar surface area (TPSA) is 92.2 Å². The third-order valence-corrected chi connectivity index (χ3v) is 8.11. The van der Waals surface area contributed by atoms with Crippen molar-refractivity contribution >= 4 is 16.9 Å². The fraction of sp³-hybridized carbons (Fsp3) is 0.464. The van der Waals surface area contributed by atoms with Gasteiger partial charge in [0.05, 0.1) is 16.9 Å². The Kier molecular flexibility index (Phi) is 6.58. The van der Waals surface area contributed by atoms with Gasteiger partial charge in [0.2, 0.25) is 5.95 Å². The van der Waals surface area contributed by atoms with Gasteiger partial charge in [-0.05, 0) is 70.7 Å². The van der Waals surface area contributed by atoms with E-state index in [-0.39, 0.29) is 23.2 Å². The number of rotatable bonds is 6. The molecule has 1 aromatic carbocycles. The summed E-state index contributed by atoms with van der Waals surface area (Å²) in [7, 11) is 0. The van der Waals surface area contributed by atoms with Crippen LogP contribution in [-0.2, 0) is 12.9 Å². The summed E-state index contributed by atoms with van der Waals surface area (Å²) in [6.07, 6.45) is 3.13. The van der Waals surface area contributed by atoms with Crippen molar-refractivity contribution < 1.29 is 22.8 Å². The fourth-order valence-electron chi connectivity index (χ4n) is 6.30. The van der Waals surface area contributed by atoms with E-state index in [2.05, 4.69) is 25.3 Å². The van der Waals surface area contributed by atoms with Gasteiger partial charge >= 0.3 is 6.18 Å². The predicted molar refractivity (Wildman–Crippen MR) is 141 cm³/mol. The van der Waals surface area contributed by atoms with Gasteiger partial charge in [0.25, 0.3) is 0 Å². The number of fused-ring (bicyclic) bond motifs is 1. The Labute approximate surface area is 223 Å². The van der Waals surface area contributed by atoms with E-state index in [1.54, 1.807) is 13.0 Å². The number of hydrogen-bond donors (Lipinski definition) is 2. The maximum Gasteiger partial charge on any atom is 0.419 e. The third-order valence-electron chi connectivity index (χ3n) is 8.11. The highest BCUT2D eigenvalue weighted by Gasteiger charge is 2.38. The number of benzene rings is 1. The zero-order valence-corrected chi connectivity index (χ0v) is 21.9. The summed E-state index contributed by atoms with van der Waals surface area (Å²) in [5.41, 5.74) is 2.06.